The number of para-hydroxylation sites is 1. The van der Waals surface area contributed by atoms with Gasteiger partial charge < -0.3 is 9.47 Å². The largest absolute Gasteiger partial charge is 0.416 e. The first-order chi connectivity index (χ1) is 13.5. The molecular formula is C20H22F3N3O2S. The van der Waals surface area contributed by atoms with Crippen LogP contribution in [0, 0.1) is 0 Å². The summed E-state index contributed by atoms with van der Waals surface area (Å²) in [5, 5.41) is 1.02. The first-order valence-electron chi connectivity index (χ1n) is 8.88. The molecule has 0 radical (unpaired) electrons. The minimum atomic E-state index is -4.51. The smallest absolute Gasteiger partial charge is 0.350 e. The normalized spacial score (nSPS) is 13.9. The van der Waals surface area contributed by atoms with Crippen LogP contribution in [0.25, 0.3) is 10.9 Å². The Kier molecular flexibility index (Phi) is 5.75. The molecule has 0 aliphatic carbocycles. The average Bonchev–Trinajstić information content (AvgIpc) is 2.98. The van der Waals surface area contributed by atoms with E-state index in [1.165, 1.54) is 0 Å². The summed E-state index contributed by atoms with van der Waals surface area (Å²) in [5.74, 6) is 0. The van der Waals surface area contributed by atoms with Gasteiger partial charge >= 0.3 is 6.18 Å². The number of benzene rings is 2. The minimum absolute atomic E-state index is 0.0738. The van der Waals surface area contributed by atoms with Gasteiger partial charge in [-0.05, 0) is 50.0 Å². The topological polar surface area (TPSA) is 54.3 Å². The summed E-state index contributed by atoms with van der Waals surface area (Å²) in [6.45, 7) is 0.0738. The van der Waals surface area contributed by atoms with Crippen LogP contribution in [0.4, 0.5) is 13.2 Å². The van der Waals surface area contributed by atoms with Crippen LogP contribution in [0.2, 0.25) is 0 Å². The van der Waals surface area contributed by atoms with Crippen LogP contribution in [0.1, 0.15) is 17.2 Å². The van der Waals surface area contributed by atoms with Gasteiger partial charge in [0.2, 0.25) is 10.0 Å². The predicted octanol–water partition coefficient (Wildman–Crippen LogP) is 3.78. The Morgan fingerprint density at radius 3 is 2.28 bits per heavy atom. The van der Waals surface area contributed by atoms with E-state index in [1.807, 2.05) is 61.1 Å². The van der Waals surface area contributed by atoms with Crippen molar-refractivity contribution in [3.63, 3.8) is 0 Å². The standard InChI is InChI=1S/C20H22F3N3O2S/c1-25(2)19(17-13-26(3)18-7-5-4-6-16(17)18)12-24-29(27,28)15-10-8-14(9-11-15)20(21,22)23/h4-11,13,19,24H,12H2,1-3H3. The molecule has 1 N–H and O–H groups in total. The summed E-state index contributed by atoms with van der Waals surface area (Å²) in [6.07, 6.45) is -2.55. The monoisotopic (exact) mass is 425 g/mol. The Hall–Kier alpha value is -2.36. The minimum Gasteiger partial charge on any atom is -0.350 e. The maximum absolute atomic E-state index is 12.7. The van der Waals surface area contributed by atoms with Gasteiger partial charge in [-0.15, -0.1) is 0 Å². The summed E-state index contributed by atoms with van der Waals surface area (Å²) in [6, 6.07) is 11.0. The van der Waals surface area contributed by atoms with E-state index in [0.717, 1.165) is 40.7 Å². The number of fused-ring (bicyclic) bond motifs is 1. The maximum atomic E-state index is 12.7. The lowest BCUT2D eigenvalue weighted by atomic mass is 10.1. The molecule has 0 spiro atoms. The van der Waals surface area contributed by atoms with Crippen molar-refractivity contribution >= 4 is 20.9 Å². The van der Waals surface area contributed by atoms with Crippen LogP contribution >= 0.6 is 0 Å². The molecule has 0 fully saturated rings. The number of alkyl halides is 3. The molecule has 29 heavy (non-hydrogen) atoms. The van der Waals surface area contributed by atoms with Gasteiger partial charge in [0.05, 0.1) is 10.5 Å². The van der Waals surface area contributed by atoms with Crippen molar-refractivity contribution in [3.8, 4) is 0 Å². The van der Waals surface area contributed by atoms with Crippen molar-refractivity contribution in [3.05, 3.63) is 65.9 Å². The highest BCUT2D eigenvalue weighted by Crippen LogP contribution is 2.30. The summed E-state index contributed by atoms with van der Waals surface area (Å²) in [4.78, 5) is 1.69. The SMILES string of the molecule is CN(C)C(CNS(=O)(=O)c1ccc(C(F)(F)F)cc1)c1cn(C)c2ccccc12. The van der Waals surface area contributed by atoms with E-state index >= 15 is 0 Å². The highest BCUT2D eigenvalue weighted by atomic mass is 32.2. The number of rotatable bonds is 6. The summed E-state index contributed by atoms with van der Waals surface area (Å²) < 4.78 is 67.8. The van der Waals surface area contributed by atoms with Crippen molar-refractivity contribution in [2.45, 2.75) is 17.1 Å². The molecule has 5 nitrogen and oxygen atoms in total. The van der Waals surface area contributed by atoms with Crippen molar-refractivity contribution in [1.82, 2.24) is 14.2 Å². The molecule has 0 saturated carbocycles. The van der Waals surface area contributed by atoms with E-state index in [2.05, 4.69) is 4.72 Å². The molecule has 0 saturated heterocycles. The van der Waals surface area contributed by atoms with E-state index in [4.69, 9.17) is 0 Å². The number of hydrogen-bond acceptors (Lipinski definition) is 3. The van der Waals surface area contributed by atoms with E-state index < -0.39 is 21.8 Å². The van der Waals surface area contributed by atoms with Crippen molar-refractivity contribution in [2.75, 3.05) is 20.6 Å². The van der Waals surface area contributed by atoms with Gasteiger partial charge in [0.25, 0.3) is 0 Å². The molecule has 2 aromatic carbocycles. The van der Waals surface area contributed by atoms with Crippen LogP contribution in [-0.2, 0) is 23.2 Å². The lowest BCUT2D eigenvalue weighted by molar-refractivity contribution is -0.137. The molecule has 0 amide bonds. The number of likely N-dealkylation sites (N-methyl/N-ethyl adjacent to an activating group) is 1. The Bertz CT molecular complexity index is 1100. The zero-order chi connectivity index (χ0) is 21.4. The number of nitrogens with zero attached hydrogens (tertiary/aromatic N) is 2. The van der Waals surface area contributed by atoms with Crippen LogP contribution in [0.3, 0.4) is 0 Å². The second-order valence-electron chi connectivity index (χ2n) is 7.07. The first kappa shape index (κ1) is 21.4. The second-order valence-corrected chi connectivity index (χ2v) is 8.83. The average molecular weight is 425 g/mol. The molecule has 1 heterocycles. The van der Waals surface area contributed by atoms with Gasteiger partial charge in [-0.3, -0.25) is 0 Å². The molecule has 0 aliphatic rings. The molecular weight excluding hydrogens is 403 g/mol. The molecule has 0 aliphatic heterocycles. The molecule has 3 aromatic rings. The Labute approximate surface area is 167 Å². The van der Waals surface area contributed by atoms with Gasteiger partial charge in [-0.25, -0.2) is 13.1 Å². The van der Waals surface area contributed by atoms with E-state index in [9.17, 15) is 21.6 Å². The molecule has 156 valence electrons. The fourth-order valence-corrected chi connectivity index (χ4v) is 4.34. The zero-order valence-corrected chi connectivity index (χ0v) is 17.1. The summed E-state index contributed by atoms with van der Waals surface area (Å²) in [5.41, 5.74) is 1.10. The summed E-state index contributed by atoms with van der Waals surface area (Å²) >= 11 is 0. The Balaban J connectivity index is 1.85. The van der Waals surface area contributed by atoms with E-state index in [1.54, 1.807) is 0 Å². The van der Waals surface area contributed by atoms with E-state index in [-0.39, 0.29) is 17.5 Å². The number of aromatic nitrogens is 1. The second kappa shape index (κ2) is 7.81. The van der Waals surface area contributed by atoms with Crippen LogP contribution in [0.15, 0.2) is 59.6 Å². The van der Waals surface area contributed by atoms with Crippen molar-refractivity contribution < 1.29 is 21.6 Å². The molecule has 1 unspecified atom stereocenters. The number of hydrogen-bond donors (Lipinski definition) is 1. The predicted molar refractivity (Wildman–Crippen MR) is 106 cm³/mol. The van der Waals surface area contributed by atoms with Crippen LogP contribution < -0.4 is 4.72 Å². The van der Waals surface area contributed by atoms with Crippen molar-refractivity contribution in [1.29, 1.82) is 0 Å². The molecule has 1 aromatic heterocycles. The zero-order valence-electron chi connectivity index (χ0n) is 16.2. The molecule has 9 heteroatoms. The lowest BCUT2D eigenvalue weighted by Gasteiger charge is -2.24. The third kappa shape index (κ3) is 4.47. The first-order valence-corrected chi connectivity index (χ1v) is 10.4. The summed E-state index contributed by atoms with van der Waals surface area (Å²) in [7, 11) is 1.66. The maximum Gasteiger partial charge on any atom is 0.416 e. The van der Waals surface area contributed by atoms with Gasteiger partial charge in [-0.1, -0.05) is 18.2 Å². The fourth-order valence-electron chi connectivity index (χ4n) is 3.30. The van der Waals surface area contributed by atoms with E-state index in [0.29, 0.717) is 0 Å². The number of sulfonamides is 1. The molecule has 1 atom stereocenters. The molecule has 3 rings (SSSR count). The molecule has 0 bridgehead atoms. The van der Waals surface area contributed by atoms with Gasteiger partial charge in [-0.2, -0.15) is 13.2 Å². The van der Waals surface area contributed by atoms with Crippen molar-refractivity contribution in [2.24, 2.45) is 7.05 Å². The van der Waals surface area contributed by atoms with Gasteiger partial charge in [0.1, 0.15) is 0 Å². The highest BCUT2D eigenvalue weighted by molar-refractivity contribution is 7.89. The number of nitrogens with one attached hydrogen (secondary N) is 1. The quantitative estimate of drug-likeness (QED) is 0.654. The third-order valence-electron chi connectivity index (χ3n) is 4.87. The highest BCUT2D eigenvalue weighted by Gasteiger charge is 2.31. The fraction of sp³-hybridized carbons (Fsp3) is 0.300. The van der Waals surface area contributed by atoms with Crippen LogP contribution in [0.5, 0.6) is 0 Å². The van der Waals surface area contributed by atoms with Gasteiger partial charge in [0.15, 0.2) is 0 Å². The number of aryl methyl sites for hydroxylation is 1. The Morgan fingerprint density at radius 2 is 1.69 bits per heavy atom. The van der Waals surface area contributed by atoms with Gasteiger partial charge in [0, 0.05) is 36.7 Å². The lowest BCUT2D eigenvalue weighted by Crippen LogP contribution is -2.34. The van der Waals surface area contributed by atoms with Crippen LogP contribution in [-0.4, -0.2) is 38.5 Å². The third-order valence-corrected chi connectivity index (χ3v) is 6.31. The number of halogens is 3. The Morgan fingerprint density at radius 1 is 1.07 bits per heavy atom.